The molecule has 154 valence electrons. The second kappa shape index (κ2) is 8.60. The van der Waals surface area contributed by atoms with Gasteiger partial charge in [-0.05, 0) is 51.1 Å². The third kappa shape index (κ3) is 4.72. The number of amides is 1. The van der Waals surface area contributed by atoms with Gasteiger partial charge >= 0.3 is 11.9 Å². The summed E-state index contributed by atoms with van der Waals surface area (Å²) in [6, 6.07) is 12.5. The molecule has 0 bridgehead atoms. The van der Waals surface area contributed by atoms with Gasteiger partial charge in [-0.1, -0.05) is 18.2 Å². The van der Waals surface area contributed by atoms with Crippen molar-refractivity contribution in [1.29, 1.82) is 0 Å². The number of carbonyl (C=O) groups is 3. The highest BCUT2D eigenvalue weighted by Crippen LogP contribution is 2.19. The summed E-state index contributed by atoms with van der Waals surface area (Å²) < 4.78 is 5.23. The first-order valence-electron chi connectivity index (χ1n) is 9.23. The minimum Gasteiger partial charge on any atom is -0.478 e. The molecule has 1 atom stereocenters. The van der Waals surface area contributed by atoms with Gasteiger partial charge in [0.1, 0.15) is 5.82 Å². The molecular weight excluding hydrogens is 386 g/mol. The zero-order valence-electron chi connectivity index (χ0n) is 16.7. The standard InChI is InChI=1S/C22H21N3O5/c1-12-13(2)24-19(23-12)15-7-9-16(10-8-15)22(29)30-14(3)20(26)25-18-6-4-5-17(11-18)21(27)28/h4-11,14H,1-3H3,(H,23,24)(H,25,26)(H,27,28). The Labute approximate surface area is 172 Å². The van der Waals surface area contributed by atoms with Gasteiger partial charge in [-0.25, -0.2) is 14.6 Å². The van der Waals surface area contributed by atoms with E-state index in [4.69, 9.17) is 9.84 Å². The second-order valence-electron chi connectivity index (χ2n) is 6.80. The van der Waals surface area contributed by atoms with E-state index in [0.717, 1.165) is 17.0 Å². The largest absolute Gasteiger partial charge is 0.478 e. The normalized spacial score (nSPS) is 11.6. The number of benzene rings is 2. The van der Waals surface area contributed by atoms with E-state index in [1.54, 1.807) is 30.3 Å². The maximum absolute atomic E-state index is 12.4. The smallest absolute Gasteiger partial charge is 0.338 e. The molecule has 30 heavy (non-hydrogen) atoms. The third-order valence-electron chi connectivity index (χ3n) is 4.55. The molecule has 1 heterocycles. The van der Waals surface area contributed by atoms with Crippen molar-refractivity contribution in [2.75, 3.05) is 5.32 Å². The van der Waals surface area contributed by atoms with Gasteiger partial charge < -0.3 is 20.1 Å². The molecule has 0 saturated heterocycles. The molecule has 0 aliphatic rings. The van der Waals surface area contributed by atoms with E-state index >= 15 is 0 Å². The van der Waals surface area contributed by atoms with E-state index in [2.05, 4.69) is 15.3 Å². The Hall–Kier alpha value is -3.94. The maximum Gasteiger partial charge on any atom is 0.338 e. The number of hydrogen-bond acceptors (Lipinski definition) is 5. The quantitative estimate of drug-likeness (QED) is 0.537. The number of anilines is 1. The first-order chi connectivity index (χ1) is 14.2. The average molecular weight is 407 g/mol. The predicted molar refractivity (Wildman–Crippen MR) is 110 cm³/mol. The molecule has 0 aliphatic heterocycles. The van der Waals surface area contributed by atoms with Crippen LogP contribution < -0.4 is 5.32 Å². The van der Waals surface area contributed by atoms with Crippen LogP contribution in [0.15, 0.2) is 48.5 Å². The number of aromatic nitrogens is 2. The van der Waals surface area contributed by atoms with Gasteiger partial charge in [0.05, 0.1) is 16.8 Å². The summed E-state index contributed by atoms with van der Waals surface area (Å²) in [6.07, 6.45) is -1.07. The minimum absolute atomic E-state index is 0.0412. The Balaban J connectivity index is 1.62. The Morgan fingerprint density at radius 2 is 1.77 bits per heavy atom. The van der Waals surface area contributed by atoms with E-state index < -0.39 is 23.9 Å². The van der Waals surface area contributed by atoms with Crippen molar-refractivity contribution in [2.24, 2.45) is 0 Å². The Bertz CT molecular complexity index is 1080. The molecule has 0 aliphatic carbocycles. The molecule has 0 spiro atoms. The van der Waals surface area contributed by atoms with Crippen molar-refractivity contribution in [2.45, 2.75) is 26.9 Å². The molecule has 3 rings (SSSR count). The number of nitrogens with zero attached hydrogens (tertiary/aromatic N) is 1. The molecule has 2 aromatic carbocycles. The van der Waals surface area contributed by atoms with Gasteiger partial charge in [0, 0.05) is 16.9 Å². The van der Waals surface area contributed by atoms with E-state index in [0.29, 0.717) is 17.1 Å². The summed E-state index contributed by atoms with van der Waals surface area (Å²) in [5.41, 5.74) is 3.35. The fourth-order valence-electron chi connectivity index (χ4n) is 2.70. The number of carbonyl (C=O) groups excluding carboxylic acids is 2. The summed E-state index contributed by atoms with van der Waals surface area (Å²) >= 11 is 0. The zero-order chi connectivity index (χ0) is 21.8. The Kier molecular flexibility index (Phi) is 5.96. The molecule has 8 nitrogen and oxygen atoms in total. The number of esters is 1. The number of carboxylic acid groups (broad SMARTS) is 1. The highest BCUT2D eigenvalue weighted by atomic mass is 16.5. The SMILES string of the molecule is Cc1nc(-c2ccc(C(=O)OC(C)C(=O)Nc3cccc(C(=O)O)c3)cc2)[nH]c1C. The first-order valence-corrected chi connectivity index (χ1v) is 9.23. The third-order valence-corrected chi connectivity index (χ3v) is 4.55. The molecule has 0 fully saturated rings. The van der Waals surface area contributed by atoms with Crippen LogP contribution in [0, 0.1) is 13.8 Å². The molecule has 3 N–H and O–H groups in total. The number of imidazole rings is 1. The van der Waals surface area contributed by atoms with Crippen molar-refractivity contribution in [1.82, 2.24) is 9.97 Å². The molecule has 3 aromatic rings. The monoisotopic (exact) mass is 407 g/mol. The number of H-pyrrole nitrogens is 1. The van der Waals surface area contributed by atoms with Crippen LogP contribution in [0.1, 0.15) is 39.0 Å². The number of hydrogen-bond donors (Lipinski definition) is 3. The number of ether oxygens (including phenoxy) is 1. The lowest BCUT2D eigenvalue weighted by Crippen LogP contribution is -2.30. The van der Waals surface area contributed by atoms with Crippen LogP contribution in [0.3, 0.4) is 0 Å². The van der Waals surface area contributed by atoms with E-state index in [1.165, 1.54) is 25.1 Å². The molecule has 1 unspecified atom stereocenters. The number of nitrogens with one attached hydrogen (secondary N) is 2. The second-order valence-corrected chi connectivity index (χ2v) is 6.80. The lowest BCUT2D eigenvalue weighted by atomic mass is 10.1. The van der Waals surface area contributed by atoms with Gasteiger partial charge in [0.25, 0.3) is 5.91 Å². The van der Waals surface area contributed by atoms with Crippen molar-refractivity contribution >= 4 is 23.5 Å². The molecule has 0 radical (unpaired) electrons. The topological polar surface area (TPSA) is 121 Å². The Morgan fingerprint density at radius 3 is 2.37 bits per heavy atom. The maximum atomic E-state index is 12.4. The predicted octanol–water partition coefficient (Wildman–Crippen LogP) is 3.58. The summed E-state index contributed by atoms with van der Waals surface area (Å²) in [4.78, 5) is 43.3. The lowest BCUT2D eigenvalue weighted by molar-refractivity contribution is -0.123. The first kappa shape index (κ1) is 20.8. The number of carboxylic acids is 1. The van der Waals surface area contributed by atoms with Crippen LogP contribution >= 0.6 is 0 Å². The van der Waals surface area contributed by atoms with Gasteiger partial charge in [-0.3, -0.25) is 4.79 Å². The zero-order valence-corrected chi connectivity index (χ0v) is 16.7. The molecule has 1 aromatic heterocycles. The van der Waals surface area contributed by atoms with E-state index in [1.807, 2.05) is 13.8 Å². The van der Waals surface area contributed by atoms with Crippen LogP contribution in [0.4, 0.5) is 5.69 Å². The highest BCUT2D eigenvalue weighted by molar-refractivity contribution is 5.98. The fourth-order valence-corrected chi connectivity index (χ4v) is 2.70. The highest BCUT2D eigenvalue weighted by Gasteiger charge is 2.19. The number of aromatic carboxylic acids is 1. The van der Waals surface area contributed by atoms with Crippen LogP contribution in [-0.2, 0) is 9.53 Å². The van der Waals surface area contributed by atoms with Gasteiger partial charge in [-0.2, -0.15) is 0 Å². The lowest BCUT2D eigenvalue weighted by Gasteiger charge is -2.14. The summed E-state index contributed by atoms with van der Waals surface area (Å²) in [5.74, 6) is -1.60. The number of aryl methyl sites for hydroxylation is 2. The van der Waals surface area contributed by atoms with Gasteiger partial charge in [0.15, 0.2) is 6.10 Å². The minimum atomic E-state index is -1.10. The van der Waals surface area contributed by atoms with Crippen molar-refractivity contribution in [3.05, 3.63) is 71.0 Å². The van der Waals surface area contributed by atoms with Crippen LogP contribution in [0.25, 0.3) is 11.4 Å². The summed E-state index contributed by atoms with van der Waals surface area (Å²) in [7, 11) is 0. The molecule has 0 saturated carbocycles. The van der Waals surface area contributed by atoms with Crippen LogP contribution in [0.5, 0.6) is 0 Å². The van der Waals surface area contributed by atoms with Crippen molar-refractivity contribution in [3.63, 3.8) is 0 Å². The average Bonchev–Trinajstić information content (AvgIpc) is 3.06. The van der Waals surface area contributed by atoms with Crippen molar-refractivity contribution in [3.8, 4) is 11.4 Å². The van der Waals surface area contributed by atoms with Gasteiger partial charge in [-0.15, -0.1) is 0 Å². The molecule has 8 heteroatoms. The van der Waals surface area contributed by atoms with Crippen molar-refractivity contribution < 1.29 is 24.2 Å². The van der Waals surface area contributed by atoms with Crippen LogP contribution in [-0.4, -0.2) is 39.0 Å². The van der Waals surface area contributed by atoms with E-state index in [-0.39, 0.29) is 5.56 Å². The fraction of sp³-hybridized carbons (Fsp3) is 0.182. The van der Waals surface area contributed by atoms with E-state index in [9.17, 15) is 14.4 Å². The van der Waals surface area contributed by atoms with Gasteiger partial charge in [0.2, 0.25) is 0 Å². The molecule has 1 amide bonds. The number of aromatic amines is 1. The Morgan fingerprint density at radius 1 is 1.07 bits per heavy atom. The summed E-state index contributed by atoms with van der Waals surface area (Å²) in [6.45, 7) is 5.28. The summed E-state index contributed by atoms with van der Waals surface area (Å²) in [5, 5.41) is 11.6. The number of rotatable bonds is 6. The molecular formula is C22H21N3O5. The van der Waals surface area contributed by atoms with Crippen LogP contribution in [0.2, 0.25) is 0 Å².